The van der Waals surface area contributed by atoms with Crippen molar-refractivity contribution in [3.8, 4) is 5.75 Å². The molecule has 7 heteroatoms. The minimum absolute atomic E-state index is 0.297. The molecule has 23 heavy (non-hydrogen) atoms. The number of aromatic nitrogens is 1. The molecule has 1 amide bonds. The molecule has 2 rings (SSSR count). The number of nitrogens with two attached hydrogens (primary N) is 1. The van der Waals surface area contributed by atoms with E-state index >= 15 is 0 Å². The Labute approximate surface area is 135 Å². The summed E-state index contributed by atoms with van der Waals surface area (Å²) in [6.45, 7) is 1.56. The number of fused-ring (bicyclic) bond motifs is 1. The fraction of sp³-hybridized carbons (Fsp3) is 0.375. The molecule has 124 valence electrons. The fourth-order valence-electron chi connectivity index (χ4n) is 2.22. The lowest BCUT2D eigenvalue weighted by molar-refractivity contribution is 0.0864. The van der Waals surface area contributed by atoms with Crippen LogP contribution in [0.2, 0.25) is 0 Å². The maximum atomic E-state index is 12.2. The van der Waals surface area contributed by atoms with Crippen LogP contribution in [0, 0.1) is 5.41 Å². The maximum Gasteiger partial charge on any atom is 0.276 e. The first-order chi connectivity index (χ1) is 10.9. The van der Waals surface area contributed by atoms with E-state index in [0.29, 0.717) is 18.1 Å². The van der Waals surface area contributed by atoms with Gasteiger partial charge in [0.2, 0.25) is 0 Å². The fourth-order valence-corrected chi connectivity index (χ4v) is 2.22. The lowest BCUT2D eigenvalue weighted by Crippen LogP contribution is -2.38. The monoisotopic (exact) mass is 317 g/mol. The highest BCUT2D eigenvalue weighted by molar-refractivity contribution is 6.06. The highest BCUT2D eigenvalue weighted by atomic mass is 16.5. The van der Waals surface area contributed by atoms with Gasteiger partial charge in [0.05, 0.1) is 12.1 Å². The zero-order chi connectivity index (χ0) is 17.0. The zero-order valence-corrected chi connectivity index (χ0v) is 13.7. The molecule has 1 aromatic carbocycles. The van der Waals surface area contributed by atoms with Gasteiger partial charge in [-0.15, -0.1) is 0 Å². The molecule has 0 radical (unpaired) electrons. The summed E-state index contributed by atoms with van der Waals surface area (Å²) in [5, 5.41) is 8.23. The Hall–Kier alpha value is -2.54. The second-order valence-electron chi connectivity index (χ2n) is 5.66. The molecule has 0 fully saturated rings. The minimum atomic E-state index is -0.354. The predicted molar refractivity (Wildman–Crippen MR) is 91.0 cm³/mol. The third-order valence-corrected chi connectivity index (χ3v) is 3.52. The van der Waals surface area contributed by atoms with Crippen molar-refractivity contribution in [1.82, 2.24) is 14.8 Å². The van der Waals surface area contributed by atoms with Crippen LogP contribution >= 0.6 is 0 Å². The zero-order valence-electron chi connectivity index (χ0n) is 13.7. The molecule has 1 aromatic heterocycles. The van der Waals surface area contributed by atoms with Crippen LogP contribution in [0.4, 0.5) is 0 Å². The van der Waals surface area contributed by atoms with Gasteiger partial charge in [-0.25, -0.2) is 0 Å². The average Bonchev–Trinajstić information content (AvgIpc) is 2.94. The summed E-state index contributed by atoms with van der Waals surface area (Å²) in [6.07, 6.45) is 0.920. The van der Waals surface area contributed by atoms with Gasteiger partial charge in [0.1, 0.15) is 11.4 Å². The van der Waals surface area contributed by atoms with Crippen LogP contribution in [-0.4, -0.2) is 60.9 Å². The Bertz CT molecular complexity index is 708. The summed E-state index contributed by atoms with van der Waals surface area (Å²) in [6, 6.07) is 7.41. The van der Waals surface area contributed by atoms with Crippen LogP contribution < -0.4 is 10.5 Å². The molecular weight excluding hydrogens is 294 g/mol. The number of para-hydroxylation sites is 1. The van der Waals surface area contributed by atoms with Crippen LogP contribution in [0.3, 0.4) is 0 Å². The normalized spacial score (nSPS) is 11.0. The number of ether oxygens (including phenoxy) is 1. The third-order valence-electron chi connectivity index (χ3n) is 3.52. The van der Waals surface area contributed by atoms with Gasteiger partial charge >= 0.3 is 0 Å². The van der Waals surface area contributed by atoms with Crippen molar-refractivity contribution in [1.29, 1.82) is 5.41 Å². The van der Waals surface area contributed by atoms with E-state index in [9.17, 15) is 4.79 Å². The number of aromatic amines is 1. The molecule has 0 saturated carbocycles. The number of amides is 1. The molecular formula is C16H23N5O2. The maximum absolute atomic E-state index is 12.2. The van der Waals surface area contributed by atoms with Crippen molar-refractivity contribution in [3.05, 3.63) is 30.0 Å². The topological polar surface area (TPSA) is 98.4 Å². The number of H-pyrrole nitrogens is 1. The molecule has 1 heterocycles. The summed E-state index contributed by atoms with van der Waals surface area (Å²) in [7, 11) is 5.51. The second-order valence-corrected chi connectivity index (χ2v) is 5.66. The van der Waals surface area contributed by atoms with E-state index in [4.69, 9.17) is 15.9 Å². The predicted octanol–water partition coefficient (Wildman–Crippen LogP) is 1.46. The van der Waals surface area contributed by atoms with Gasteiger partial charge in [-0.1, -0.05) is 12.1 Å². The third kappa shape index (κ3) is 4.01. The summed E-state index contributed by atoms with van der Waals surface area (Å²) >= 11 is 0. The largest absolute Gasteiger partial charge is 0.491 e. The Morgan fingerprint density at radius 3 is 2.74 bits per heavy atom. The van der Waals surface area contributed by atoms with E-state index in [-0.39, 0.29) is 11.9 Å². The number of guanidine groups is 1. The van der Waals surface area contributed by atoms with Gasteiger partial charge in [0.15, 0.2) is 5.96 Å². The number of carbonyl (C=O) groups excluding carboxylic acids is 1. The number of rotatable bonds is 6. The number of carbonyl (C=O) groups is 1. The highest BCUT2D eigenvalue weighted by Gasteiger charge is 2.17. The lowest BCUT2D eigenvalue weighted by atomic mass is 10.2. The molecule has 0 aliphatic rings. The van der Waals surface area contributed by atoms with Gasteiger partial charge in [-0.3, -0.25) is 15.1 Å². The van der Waals surface area contributed by atoms with Crippen molar-refractivity contribution in [2.75, 3.05) is 34.3 Å². The van der Waals surface area contributed by atoms with Gasteiger partial charge in [0, 0.05) is 19.0 Å². The molecule has 0 aliphatic heterocycles. The number of benzene rings is 1. The number of nitrogens with one attached hydrogen (secondary N) is 2. The van der Waals surface area contributed by atoms with Crippen LogP contribution in [0.1, 0.15) is 16.9 Å². The Kier molecular flexibility index (Phi) is 5.23. The van der Waals surface area contributed by atoms with Gasteiger partial charge in [0.25, 0.3) is 5.91 Å². The number of hydrogen-bond acceptors (Lipinski definition) is 4. The number of nitrogens with zero attached hydrogens (tertiary/aromatic N) is 2. The van der Waals surface area contributed by atoms with E-state index in [1.807, 2.05) is 32.3 Å². The van der Waals surface area contributed by atoms with Crippen molar-refractivity contribution >= 4 is 22.8 Å². The van der Waals surface area contributed by atoms with Crippen molar-refractivity contribution in [2.45, 2.75) is 6.42 Å². The van der Waals surface area contributed by atoms with Crippen LogP contribution in [0.25, 0.3) is 10.9 Å². The molecule has 0 atom stereocenters. The van der Waals surface area contributed by atoms with Crippen LogP contribution in [0.5, 0.6) is 5.75 Å². The van der Waals surface area contributed by atoms with Gasteiger partial charge < -0.3 is 20.4 Å². The lowest BCUT2D eigenvalue weighted by Gasteiger charge is -2.13. The first kappa shape index (κ1) is 16.8. The smallest absolute Gasteiger partial charge is 0.276 e. The highest BCUT2D eigenvalue weighted by Crippen LogP contribution is 2.26. The Balaban J connectivity index is 2.18. The van der Waals surface area contributed by atoms with Gasteiger partial charge in [-0.05, 0) is 32.6 Å². The summed E-state index contributed by atoms with van der Waals surface area (Å²) < 4.78 is 5.82. The first-order valence-electron chi connectivity index (χ1n) is 7.41. The quantitative estimate of drug-likeness (QED) is 0.427. The van der Waals surface area contributed by atoms with Crippen molar-refractivity contribution in [2.24, 2.45) is 5.73 Å². The minimum Gasteiger partial charge on any atom is -0.491 e. The molecule has 0 aliphatic carbocycles. The summed E-state index contributed by atoms with van der Waals surface area (Å²) in [5.74, 6) is 0.0619. The summed E-state index contributed by atoms with van der Waals surface area (Å²) in [5.41, 5.74) is 6.50. The average molecular weight is 317 g/mol. The molecule has 4 N–H and O–H groups in total. The van der Waals surface area contributed by atoms with Crippen LogP contribution in [-0.2, 0) is 0 Å². The molecule has 0 spiro atoms. The second kappa shape index (κ2) is 7.15. The Morgan fingerprint density at radius 1 is 1.35 bits per heavy atom. The number of hydrogen-bond donors (Lipinski definition) is 3. The van der Waals surface area contributed by atoms with Gasteiger partial charge in [-0.2, -0.15) is 0 Å². The van der Waals surface area contributed by atoms with E-state index in [1.54, 1.807) is 6.07 Å². The van der Waals surface area contributed by atoms with Crippen molar-refractivity contribution in [3.63, 3.8) is 0 Å². The molecule has 0 unspecified atom stereocenters. The van der Waals surface area contributed by atoms with E-state index in [0.717, 1.165) is 28.8 Å². The standard InChI is InChI=1S/C16H23N5O2/c1-20(2)8-5-9-23-13-7-4-6-11-10-12(19-14(11)13)15(22)21(3)16(17)18/h4,6-7,10,19H,5,8-9H2,1-3H3,(H3,17,18). The van der Waals surface area contributed by atoms with Crippen molar-refractivity contribution < 1.29 is 9.53 Å². The van der Waals surface area contributed by atoms with E-state index in [2.05, 4.69) is 9.88 Å². The molecule has 2 aromatic rings. The van der Waals surface area contributed by atoms with E-state index < -0.39 is 0 Å². The van der Waals surface area contributed by atoms with E-state index in [1.165, 1.54) is 7.05 Å². The Morgan fingerprint density at radius 2 is 2.09 bits per heavy atom. The molecule has 7 nitrogen and oxygen atoms in total. The first-order valence-corrected chi connectivity index (χ1v) is 7.41. The van der Waals surface area contributed by atoms with Crippen LogP contribution in [0.15, 0.2) is 24.3 Å². The molecule has 0 saturated heterocycles. The SMILES string of the molecule is CN(C)CCCOc1cccc2cc(C(=O)N(C)C(=N)N)[nH]c12. The summed E-state index contributed by atoms with van der Waals surface area (Å²) in [4.78, 5) is 18.5. The molecule has 0 bridgehead atoms.